The second-order valence-electron chi connectivity index (χ2n) is 3.48. The van der Waals surface area contributed by atoms with E-state index in [1.165, 1.54) is 23.5 Å². The maximum atomic E-state index is 13.2. The molecule has 0 atom stereocenters. The van der Waals surface area contributed by atoms with Crippen molar-refractivity contribution >= 4 is 49.0 Å². The fourth-order valence-corrected chi connectivity index (χ4v) is 3.52. The van der Waals surface area contributed by atoms with E-state index in [2.05, 4.69) is 31.9 Å². The summed E-state index contributed by atoms with van der Waals surface area (Å²) in [5.41, 5.74) is 0.669. The number of rotatable bonds is 3. The van der Waals surface area contributed by atoms with Crippen LogP contribution in [0.3, 0.4) is 0 Å². The molecule has 1 aromatic heterocycles. The second-order valence-corrected chi connectivity index (χ2v) is 6.16. The van der Waals surface area contributed by atoms with Gasteiger partial charge in [-0.3, -0.25) is 4.79 Å². The number of carbonyl (C=O) groups is 1. The topological polar surface area (TPSA) is 17.1 Å². The maximum absolute atomic E-state index is 13.2. The maximum Gasteiger partial charge on any atom is 0.178 e. The predicted octanol–water partition coefficient (Wildman–Crippen LogP) is 4.84. The summed E-state index contributed by atoms with van der Waals surface area (Å²) >= 11 is 7.91. The third-order valence-electron chi connectivity index (χ3n) is 2.16. The summed E-state index contributed by atoms with van der Waals surface area (Å²) in [6.07, 6.45) is 0.204. The van der Waals surface area contributed by atoms with Gasteiger partial charge in [-0.1, -0.05) is 15.9 Å². The summed E-state index contributed by atoms with van der Waals surface area (Å²) in [5.74, 6) is -0.350. The molecule has 0 saturated carbocycles. The Morgan fingerprint density at radius 3 is 2.65 bits per heavy atom. The van der Waals surface area contributed by atoms with Gasteiger partial charge in [0.1, 0.15) is 5.82 Å². The third-order valence-corrected chi connectivity index (χ3v) is 4.49. The van der Waals surface area contributed by atoms with Crippen molar-refractivity contribution in [3.63, 3.8) is 0 Å². The van der Waals surface area contributed by atoms with Crippen molar-refractivity contribution in [2.45, 2.75) is 6.42 Å². The molecule has 1 aromatic carbocycles. The summed E-state index contributed by atoms with van der Waals surface area (Å²) < 4.78 is 14.6. The third kappa shape index (κ3) is 3.24. The van der Waals surface area contributed by atoms with E-state index in [0.717, 1.165) is 4.47 Å². The first-order chi connectivity index (χ1) is 8.06. The molecule has 0 spiro atoms. The Morgan fingerprint density at radius 2 is 2.06 bits per heavy atom. The number of thiophene rings is 1. The largest absolute Gasteiger partial charge is 0.293 e. The van der Waals surface area contributed by atoms with E-state index in [1.807, 2.05) is 11.4 Å². The van der Waals surface area contributed by atoms with Crippen LogP contribution in [0, 0.1) is 5.82 Å². The van der Waals surface area contributed by atoms with Crippen LogP contribution in [0.2, 0.25) is 0 Å². The fourth-order valence-electron chi connectivity index (χ4n) is 1.47. The summed E-state index contributed by atoms with van der Waals surface area (Å²) in [6.45, 7) is 0. The molecule has 0 amide bonds. The molecule has 0 N–H and O–H groups in total. The van der Waals surface area contributed by atoms with Gasteiger partial charge in [-0.05, 0) is 51.1 Å². The van der Waals surface area contributed by atoms with Gasteiger partial charge in [-0.2, -0.15) is 0 Å². The van der Waals surface area contributed by atoms with E-state index in [9.17, 15) is 9.18 Å². The van der Waals surface area contributed by atoms with Crippen LogP contribution in [0.5, 0.6) is 0 Å². The van der Waals surface area contributed by atoms with Crippen molar-refractivity contribution in [2.75, 3.05) is 0 Å². The van der Waals surface area contributed by atoms with Gasteiger partial charge >= 0.3 is 0 Å². The summed E-state index contributed by atoms with van der Waals surface area (Å²) in [6, 6.07) is 6.33. The molecule has 17 heavy (non-hydrogen) atoms. The molecule has 0 bridgehead atoms. The van der Waals surface area contributed by atoms with Crippen molar-refractivity contribution in [3.05, 3.63) is 54.8 Å². The monoisotopic (exact) mass is 376 g/mol. The minimum absolute atomic E-state index is 0.00984. The van der Waals surface area contributed by atoms with Gasteiger partial charge < -0.3 is 0 Å². The predicted molar refractivity (Wildman–Crippen MR) is 74.2 cm³/mol. The molecule has 0 aliphatic heterocycles. The number of Topliss-reactive ketones (excluding diaryl/α,β-unsaturated/α-hetero) is 1. The van der Waals surface area contributed by atoms with E-state index in [0.29, 0.717) is 14.9 Å². The van der Waals surface area contributed by atoms with Crippen LogP contribution in [0.15, 0.2) is 38.6 Å². The van der Waals surface area contributed by atoms with Gasteiger partial charge in [-0.15, -0.1) is 11.3 Å². The Kier molecular flexibility index (Phi) is 4.12. The van der Waals surface area contributed by atoms with E-state index >= 15 is 0 Å². The standard InChI is InChI=1S/C12H7Br2FOS/c13-8-3-7(4-9(15)6-8)5-11(16)12-10(14)1-2-17-12/h1-4,6H,5H2. The van der Waals surface area contributed by atoms with Gasteiger partial charge in [0.25, 0.3) is 0 Å². The Hall–Kier alpha value is -0.520. The second kappa shape index (κ2) is 5.42. The molecular weight excluding hydrogens is 371 g/mol. The SMILES string of the molecule is O=C(Cc1cc(F)cc(Br)c1)c1sccc1Br. The zero-order valence-electron chi connectivity index (χ0n) is 8.54. The van der Waals surface area contributed by atoms with Gasteiger partial charge in [0, 0.05) is 15.4 Å². The zero-order valence-corrected chi connectivity index (χ0v) is 12.5. The molecule has 0 radical (unpaired) electrons. The van der Waals surface area contributed by atoms with Gasteiger partial charge in [0.15, 0.2) is 5.78 Å². The lowest BCUT2D eigenvalue weighted by atomic mass is 10.1. The van der Waals surface area contributed by atoms with Crippen LogP contribution in [0.25, 0.3) is 0 Å². The Balaban J connectivity index is 2.21. The fraction of sp³-hybridized carbons (Fsp3) is 0.0833. The highest BCUT2D eigenvalue weighted by molar-refractivity contribution is 9.10. The van der Waals surface area contributed by atoms with Crippen molar-refractivity contribution < 1.29 is 9.18 Å². The number of hydrogen-bond donors (Lipinski definition) is 0. The Labute approximate surface area is 119 Å². The molecule has 5 heteroatoms. The van der Waals surface area contributed by atoms with Crippen LogP contribution in [-0.4, -0.2) is 5.78 Å². The number of halogens is 3. The molecule has 1 nitrogen and oxygen atoms in total. The number of hydrogen-bond acceptors (Lipinski definition) is 2. The molecule has 0 unspecified atom stereocenters. The summed E-state index contributed by atoms with van der Waals surface area (Å²) in [7, 11) is 0. The number of ketones is 1. The van der Waals surface area contributed by atoms with Gasteiger partial charge in [0.2, 0.25) is 0 Å². The van der Waals surface area contributed by atoms with Crippen LogP contribution >= 0.6 is 43.2 Å². The summed E-state index contributed by atoms with van der Waals surface area (Å²) in [4.78, 5) is 12.6. The molecule has 0 saturated heterocycles. The highest BCUT2D eigenvalue weighted by Crippen LogP contribution is 2.25. The minimum atomic E-state index is -0.340. The van der Waals surface area contributed by atoms with E-state index in [1.54, 1.807) is 6.07 Å². The minimum Gasteiger partial charge on any atom is -0.293 e. The smallest absolute Gasteiger partial charge is 0.178 e. The average molecular weight is 378 g/mol. The van der Waals surface area contributed by atoms with Crippen LogP contribution in [-0.2, 0) is 6.42 Å². The lowest BCUT2D eigenvalue weighted by Gasteiger charge is -2.02. The molecular formula is C12H7Br2FOS. The average Bonchev–Trinajstić information content (AvgIpc) is 2.62. The quantitative estimate of drug-likeness (QED) is 0.699. The Morgan fingerprint density at radius 1 is 1.29 bits per heavy atom. The van der Waals surface area contributed by atoms with E-state index < -0.39 is 0 Å². The van der Waals surface area contributed by atoms with E-state index in [-0.39, 0.29) is 18.0 Å². The first-order valence-electron chi connectivity index (χ1n) is 4.77. The summed E-state index contributed by atoms with van der Waals surface area (Å²) in [5, 5.41) is 1.85. The molecule has 0 aliphatic carbocycles. The van der Waals surface area contributed by atoms with Gasteiger partial charge in [0.05, 0.1) is 4.88 Å². The molecule has 1 heterocycles. The number of carbonyl (C=O) groups excluding carboxylic acids is 1. The first-order valence-corrected chi connectivity index (χ1v) is 7.24. The normalized spacial score (nSPS) is 10.5. The first kappa shape index (κ1) is 12.9. The zero-order chi connectivity index (χ0) is 12.4. The molecule has 2 rings (SSSR count). The molecule has 0 aliphatic rings. The highest BCUT2D eigenvalue weighted by atomic mass is 79.9. The Bertz CT molecular complexity index is 545. The lowest BCUT2D eigenvalue weighted by molar-refractivity contribution is 0.0996. The van der Waals surface area contributed by atoms with Crippen LogP contribution in [0.4, 0.5) is 4.39 Å². The lowest BCUT2D eigenvalue weighted by Crippen LogP contribution is -2.02. The van der Waals surface area contributed by atoms with Crippen LogP contribution < -0.4 is 0 Å². The molecule has 2 aromatic rings. The highest BCUT2D eigenvalue weighted by Gasteiger charge is 2.13. The van der Waals surface area contributed by atoms with Crippen LogP contribution in [0.1, 0.15) is 15.2 Å². The van der Waals surface area contributed by atoms with Crippen molar-refractivity contribution in [3.8, 4) is 0 Å². The van der Waals surface area contributed by atoms with Crippen molar-refractivity contribution in [1.82, 2.24) is 0 Å². The number of benzene rings is 1. The van der Waals surface area contributed by atoms with E-state index in [4.69, 9.17) is 0 Å². The van der Waals surface area contributed by atoms with Crippen molar-refractivity contribution in [2.24, 2.45) is 0 Å². The van der Waals surface area contributed by atoms with Crippen molar-refractivity contribution in [1.29, 1.82) is 0 Å². The molecule has 88 valence electrons. The molecule has 0 fully saturated rings. The van der Waals surface area contributed by atoms with Gasteiger partial charge in [-0.25, -0.2) is 4.39 Å².